The van der Waals surface area contributed by atoms with E-state index in [0.717, 1.165) is 0 Å². The average Bonchev–Trinajstić information content (AvgIpc) is 1.41. The summed E-state index contributed by atoms with van der Waals surface area (Å²) in [4.78, 5) is 0. The first-order valence-electron chi connectivity index (χ1n) is 2.62. The van der Waals surface area contributed by atoms with Crippen molar-refractivity contribution in [2.75, 3.05) is 0 Å². The molecule has 0 saturated heterocycles. The van der Waals surface area contributed by atoms with Crippen LogP contribution in [0.5, 0.6) is 0 Å². The van der Waals surface area contributed by atoms with Crippen LogP contribution in [0.2, 0.25) is 0 Å². The van der Waals surface area contributed by atoms with Crippen molar-refractivity contribution in [1.82, 2.24) is 0 Å². The number of halogens is 12. The van der Waals surface area contributed by atoms with E-state index in [1.807, 2.05) is 0 Å². The second-order valence-corrected chi connectivity index (χ2v) is 1.48. The Kier molecular flexibility index (Phi) is 19.7. The number of hydrogen-bond acceptors (Lipinski definition) is 0. The van der Waals surface area contributed by atoms with Gasteiger partial charge in [0.25, 0.3) is 0 Å². The van der Waals surface area contributed by atoms with E-state index in [1.165, 1.54) is 0 Å². The predicted octanol–water partition coefficient (Wildman–Crippen LogP) is 3.89. The van der Waals surface area contributed by atoms with Gasteiger partial charge in [-0.05, 0) is 0 Å². The normalized spacial score (nSPS) is 10.6. The van der Waals surface area contributed by atoms with Gasteiger partial charge >= 0.3 is 40.6 Å². The van der Waals surface area contributed by atoms with E-state index in [0.29, 0.717) is 0 Å². The van der Waals surface area contributed by atoms with Gasteiger partial charge in [-0.3, -0.25) is 0 Å². The van der Waals surface area contributed by atoms with Gasteiger partial charge in [-0.1, -0.05) is 7.43 Å². The van der Waals surface area contributed by atoms with Gasteiger partial charge in [0.1, 0.15) is 0 Å². The molecule has 17 heavy (non-hydrogen) atoms. The molecule has 0 radical (unpaired) electrons. The Balaban J connectivity index is -0.0000000400. The molecule has 16 heteroatoms. The molecule has 0 spiro atoms. The molecule has 0 N–H and O–H groups in total. The molecule has 0 saturated carbocycles. The molecule has 106 valence electrons. The van der Waals surface area contributed by atoms with Crippen molar-refractivity contribution >= 4 is 40.6 Å². The Hall–Kier alpha value is -0.0478. The predicted molar refractivity (Wildman–Crippen MR) is 44.4 cm³/mol. The van der Waals surface area contributed by atoms with Crippen LogP contribution >= 0.6 is 0 Å². The Bertz CT molecular complexity index is 96.8. The molecule has 0 aromatic carbocycles. The molecule has 0 rings (SSSR count). The molecule has 0 nitrogen and oxygen atoms in total. The van der Waals surface area contributed by atoms with E-state index in [-0.39, 0.29) is 26.3 Å². The van der Waals surface area contributed by atoms with Crippen molar-refractivity contribution in [2.45, 2.75) is 7.43 Å². The van der Waals surface area contributed by atoms with Gasteiger partial charge in [0, 0.05) is 0 Å². The zero-order valence-electron chi connectivity index (χ0n) is 6.27. The maximum absolute atomic E-state index is 9.75. The number of rotatable bonds is 0. The summed E-state index contributed by atoms with van der Waals surface area (Å²) in [5.74, 6) is 0. The van der Waals surface area contributed by atoms with E-state index in [4.69, 9.17) is 0 Å². The van der Waals surface area contributed by atoms with Crippen molar-refractivity contribution < 1.29 is 51.8 Å². The van der Waals surface area contributed by atoms with Gasteiger partial charge in [-0.15, -0.1) is 0 Å². The van der Waals surface area contributed by atoms with Crippen LogP contribution in [-0.2, 0) is 0 Å². The average molecular weight is 284 g/mol. The fraction of sp³-hybridized carbons (Fsp3) is 1.00. The summed E-state index contributed by atoms with van der Waals surface area (Å²) in [7, 11) is -18.0. The van der Waals surface area contributed by atoms with Gasteiger partial charge < -0.3 is 51.8 Å². The van der Waals surface area contributed by atoms with Gasteiger partial charge in [0.15, 0.2) is 0 Å². The van der Waals surface area contributed by atoms with Gasteiger partial charge in [0.2, 0.25) is 0 Å². The molecular weight excluding hydrogens is 279 g/mol. The van der Waals surface area contributed by atoms with Gasteiger partial charge in [-0.25, -0.2) is 0 Å². The Morgan fingerprint density at radius 2 is 0.353 bits per heavy atom. The van der Waals surface area contributed by atoms with Crippen molar-refractivity contribution in [3.05, 3.63) is 0 Å². The summed E-state index contributed by atoms with van der Waals surface area (Å²) in [6, 6.07) is 0. The fourth-order valence-corrected chi connectivity index (χ4v) is 0. The van der Waals surface area contributed by atoms with E-state index in [9.17, 15) is 51.8 Å². The molecule has 0 fully saturated rings. The molecule has 0 bridgehead atoms. The van der Waals surface area contributed by atoms with Gasteiger partial charge in [-0.2, -0.15) is 0 Å². The summed E-state index contributed by atoms with van der Waals surface area (Å²) in [6.07, 6.45) is 0. The third-order valence-electron chi connectivity index (χ3n) is 0. The first kappa shape index (κ1) is 30.2. The van der Waals surface area contributed by atoms with Crippen molar-refractivity contribution in [2.24, 2.45) is 0 Å². The number of hydrogen-bond donors (Lipinski definition) is 0. The molecule has 0 aromatic heterocycles. The maximum atomic E-state index is 9.75. The van der Waals surface area contributed by atoms with Crippen LogP contribution in [0.4, 0.5) is 51.8 Å². The first-order valence-corrected chi connectivity index (χ1v) is 2.62. The first-order chi connectivity index (χ1) is 6.00. The van der Waals surface area contributed by atoms with Crippen molar-refractivity contribution in [3.8, 4) is 0 Å². The molecular formula is CH5B3F12Li-3. The summed E-state index contributed by atoms with van der Waals surface area (Å²) in [6.45, 7) is 0. The minimum absolute atomic E-state index is 0. The standard InChI is InChI=1S/CH4.3BF4.Li.H/c;3*2-1(3,4)5;;/h1H4;;;;;/q;3*-1;;. The van der Waals surface area contributed by atoms with Gasteiger partial charge in [0.05, 0.1) is 0 Å². The van der Waals surface area contributed by atoms with E-state index < -0.39 is 21.8 Å². The van der Waals surface area contributed by atoms with E-state index >= 15 is 0 Å². The van der Waals surface area contributed by atoms with E-state index in [1.54, 1.807) is 0 Å². The molecule has 0 aliphatic carbocycles. The Morgan fingerprint density at radius 3 is 0.353 bits per heavy atom. The minimum atomic E-state index is -6.00. The summed E-state index contributed by atoms with van der Waals surface area (Å²) in [5.41, 5.74) is 0. The van der Waals surface area contributed by atoms with Crippen molar-refractivity contribution in [1.29, 1.82) is 0 Å². The molecule has 0 heterocycles. The molecule has 0 amide bonds. The molecule has 0 aliphatic heterocycles. The second-order valence-electron chi connectivity index (χ2n) is 1.48. The van der Waals surface area contributed by atoms with Crippen LogP contribution in [0.3, 0.4) is 0 Å². The second kappa shape index (κ2) is 11.1. The van der Waals surface area contributed by atoms with Crippen molar-refractivity contribution in [3.63, 3.8) is 0 Å². The molecule has 0 atom stereocenters. The van der Waals surface area contributed by atoms with Crippen LogP contribution < -0.4 is 0 Å². The summed E-state index contributed by atoms with van der Waals surface area (Å²) in [5, 5.41) is 0. The molecule has 0 aromatic rings. The molecule has 0 aliphatic rings. The monoisotopic (exact) mass is 285 g/mol. The third kappa shape index (κ3) is 1360000. The summed E-state index contributed by atoms with van der Waals surface area (Å²) >= 11 is 0. The van der Waals surface area contributed by atoms with Crippen LogP contribution in [0.1, 0.15) is 7.43 Å². The van der Waals surface area contributed by atoms with E-state index in [2.05, 4.69) is 0 Å². The quantitative estimate of drug-likeness (QED) is 0.468. The fourth-order valence-electron chi connectivity index (χ4n) is 0. The SMILES string of the molecule is C.F[B-](F)(F)F.F[B-](F)(F)F.F[B-](F)(F)F.[LiH]. The van der Waals surface area contributed by atoms with Crippen LogP contribution in [0, 0.1) is 0 Å². The zero-order valence-corrected chi connectivity index (χ0v) is 6.27. The van der Waals surface area contributed by atoms with Crippen LogP contribution in [0.15, 0.2) is 0 Å². The zero-order chi connectivity index (χ0) is 13.5. The topological polar surface area (TPSA) is 0 Å². The third-order valence-corrected chi connectivity index (χ3v) is 0. The molecule has 0 unspecified atom stereocenters. The summed E-state index contributed by atoms with van der Waals surface area (Å²) < 4.78 is 117. The van der Waals surface area contributed by atoms with Crippen LogP contribution in [-0.4, -0.2) is 40.6 Å². The van der Waals surface area contributed by atoms with Crippen LogP contribution in [0.25, 0.3) is 0 Å². The Morgan fingerprint density at radius 1 is 0.353 bits per heavy atom. The Labute approximate surface area is 101 Å².